The first-order valence-corrected chi connectivity index (χ1v) is 4.59. The summed E-state index contributed by atoms with van der Waals surface area (Å²) in [5, 5.41) is 3.47. The van der Waals surface area contributed by atoms with Crippen molar-refractivity contribution < 1.29 is 14.3 Å². The molecule has 5 nitrogen and oxygen atoms in total. The van der Waals surface area contributed by atoms with E-state index in [1.54, 1.807) is 30.9 Å². The quantitative estimate of drug-likeness (QED) is 0.387. The highest BCUT2D eigenvalue weighted by Crippen LogP contribution is 2.17. The summed E-state index contributed by atoms with van der Waals surface area (Å²) < 4.78 is 10.0. The van der Waals surface area contributed by atoms with Crippen molar-refractivity contribution in [3.8, 4) is 0 Å². The molecule has 5 heteroatoms. The Morgan fingerprint density at radius 2 is 1.73 bits per heavy atom. The van der Waals surface area contributed by atoms with Gasteiger partial charge in [0.25, 0.3) is 0 Å². The first kappa shape index (κ1) is 13.8. The van der Waals surface area contributed by atoms with E-state index < -0.39 is 11.6 Å². The van der Waals surface area contributed by atoms with Crippen molar-refractivity contribution in [1.82, 2.24) is 10.0 Å². The highest BCUT2D eigenvalue weighted by atomic mass is 16.6. The molecule has 0 rings (SSSR count). The molecule has 0 bridgehead atoms. The number of hydrogen-bond donors (Lipinski definition) is 0. The normalized spacial score (nSPS) is 11.1. The molecule has 0 fully saturated rings. The molecule has 0 aromatic carbocycles. The van der Waals surface area contributed by atoms with E-state index in [9.17, 15) is 4.79 Å². The maximum atomic E-state index is 11.3. The molecule has 0 spiro atoms. The van der Waals surface area contributed by atoms with Crippen LogP contribution in [0.3, 0.4) is 0 Å². The zero-order valence-corrected chi connectivity index (χ0v) is 10.3. The SMILES string of the molecule is C=C(OC(C)(C)C(=O)OC)N(C)N(C)C. The molecule has 0 aliphatic carbocycles. The molecule has 0 aliphatic heterocycles. The molecule has 0 saturated heterocycles. The Morgan fingerprint density at radius 1 is 1.27 bits per heavy atom. The molecule has 0 radical (unpaired) electrons. The molecule has 0 amide bonds. The fourth-order valence-corrected chi connectivity index (χ4v) is 0.871. The summed E-state index contributed by atoms with van der Waals surface area (Å²) >= 11 is 0. The largest absolute Gasteiger partial charge is 0.466 e. The van der Waals surface area contributed by atoms with Crippen molar-refractivity contribution in [2.45, 2.75) is 19.4 Å². The van der Waals surface area contributed by atoms with Gasteiger partial charge in [0.05, 0.1) is 7.11 Å². The highest BCUT2D eigenvalue weighted by Gasteiger charge is 2.32. The molecule has 0 aromatic heterocycles. The van der Waals surface area contributed by atoms with Gasteiger partial charge in [-0.1, -0.05) is 0 Å². The Morgan fingerprint density at radius 3 is 2.07 bits per heavy atom. The van der Waals surface area contributed by atoms with Gasteiger partial charge in [0.1, 0.15) is 0 Å². The van der Waals surface area contributed by atoms with Crippen LogP contribution in [0.1, 0.15) is 13.8 Å². The van der Waals surface area contributed by atoms with E-state index in [0.717, 1.165) is 0 Å². The minimum absolute atomic E-state index is 0.385. The standard InChI is InChI=1S/C10H20N2O3/c1-8(12(6)11(4)5)15-10(2,3)9(13)14-7/h1H2,2-7H3. The average Bonchev–Trinajstić information content (AvgIpc) is 2.14. The van der Waals surface area contributed by atoms with Crippen LogP contribution in [-0.2, 0) is 14.3 Å². The van der Waals surface area contributed by atoms with Gasteiger partial charge in [0.2, 0.25) is 5.60 Å². The van der Waals surface area contributed by atoms with Crippen molar-refractivity contribution in [2.24, 2.45) is 0 Å². The number of nitrogens with zero attached hydrogens (tertiary/aromatic N) is 2. The van der Waals surface area contributed by atoms with E-state index in [1.807, 2.05) is 14.1 Å². The monoisotopic (exact) mass is 216 g/mol. The van der Waals surface area contributed by atoms with Gasteiger partial charge in [-0.2, -0.15) is 0 Å². The number of hydrogen-bond acceptors (Lipinski definition) is 5. The fourth-order valence-electron chi connectivity index (χ4n) is 0.871. The van der Waals surface area contributed by atoms with Gasteiger partial charge in [-0.15, -0.1) is 0 Å². The minimum atomic E-state index is -1.03. The van der Waals surface area contributed by atoms with Gasteiger partial charge < -0.3 is 9.47 Å². The Bertz CT molecular complexity index is 249. The predicted molar refractivity (Wildman–Crippen MR) is 57.8 cm³/mol. The molecule has 15 heavy (non-hydrogen) atoms. The third-order valence-corrected chi connectivity index (χ3v) is 2.01. The van der Waals surface area contributed by atoms with Crippen molar-refractivity contribution >= 4 is 5.97 Å². The number of methoxy groups -OCH3 is 1. The van der Waals surface area contributed by atoms with Crippen molar-refractivity contribution in [3.63, 3.8) is 0 Å². The second-order valence-corrected chi connectivity index (χ2v) is 3.87. The van der Waals surface area contributed by atoms with Crippen molar-refractivity contribution in [3.05, 3.63) is 12.5 Å². The number of carbonyl (C=O) groups excluding carboxylic acids is 1. The third kappa shape index (κ3) is 3.79. The van der Waals surface area contributed by atoms with E-state index >= 15 is 0 Å². The summed E-state index contributed by atoms with van der Waals surface area (Å²) in [4.78, 5) is 11.3. The third-order valence-electron chi connectivity index (χ3n) is 2.01. The molecular formula is C10H20N2O3. The van der Waals surface area contributed by atoms with Crippen molar-refractivity contribution in [2.75, 3.05) is 28.3 Å². The number of hydrazine groups is 1. The van der Waals surface area contributed by atoms with Crippen LogP contribution in [0.2, 0.25) is 0 Å². The lowest BCUT2D eigenvalue weighted by molar-refractivity contribution is -0.165. The average molecular weight is 216 g/mol. The highest BCUT2D eigenvalue weighted by molar-refractivity contribution is 5.78. The van der Waals surface area contributed by atoms with Crippen LogP contribution in [-0.4, -0.2) is 49.8 Å². The van der Waals surface area contributed by atoms with Crippen LogP contribution in [0, 0.1) is 0 Å². The zero-order chi connectivity index (χ0) is 12.2. The molecule has 88 valence electrons. The second-order valence-electron chi connectivity index (χ2n) is 3.87. The van der Waals surface area contributed by atoms with Gasteiger partial charge in [-0.25, -0.2) is 9.80 Å². The minimum Gasteiger partial charge on any atom is -0.466 e. The van der Waals surface area contributed by atoms with E-state index in [0.29, 0.717) is 5.88 Å². The van der Waals surface area contributed by atoms with Gasteiger partial charge in [-0.05, 0) is 20.4 Å². The number of rotatable bonds is 5. The van der Waals surface area contributed by atoms with E-state index in [2.05, 4.69) is 11.3 Å². The molecule has 0 saturated carbocycles. The van der Waals surface area contributed by atoms with Crippen LogP contribution in [0.5, 0.6) is 0 Å². The first-order valence-electron chi connectivity index (χ1n) is 4.59. The first-order chi connectivity index (χ1) is 6.72. The maximum absolute atomic E-state index is 11.3. The smallest absolute Gasteiger partial charge is 0.349 e. The summed E-state index contributed by atoms with van der Waals surface area (Å²) in [5.74, 6) is -0.0498. The van der Waals surface area contributed by atoms with Crippen molar-refractivity contribution in [1.29, 1.82) is 0 Å². The summed E-state index contributed by atoms with van der Waals surface area (Å²) in [6.45, 7) is 7.00. The number of esters is 1. The summed E-state index contributed by atoms with van der Waals surface area (Å²) in [5.41, 5.74) is -1.03. The van der Waals surface area contributed by atoms with Gasteiger partial charge >= 0.3 is 5.97 Å². The summed E-state index contributed by atoms with van der Waals surface area (Å²) in [6, 6.07) is 0. The van der Waals surface area contributed by atoms with Crippen LogP contribution in [0.4, 0.5) is 0 Å². The Balaban J connectivity index is 4.47. The van der Waals surface area contributed by atoms with Crippen LogP contribution < -0.4 is 0 Å². The summed E-state index contributed by atoms with van der Waals surface area (Å²) in [6.07, 6.45) is 0. The van der Waals surface area contributed by atoms with Crippen LogP contribution in [0.25, 0.3) is 0 Å². The Kier molecular flexibility index (Phi) is 4.61. The number of ether oxygens (including phenoxy) is 2. The van der Waals surface area contributed by atoms with E-state index in [4.69, 9.17) is 4.74 Å². The fraction of sp³-hybridized carbons (Fsp3) is 0.700. The lowest BCUT2D eigenvalue weighted by Crippen LogP contribution is -2.41. The van der Waals surface area contributed by atoms with Gasteiger partial charge in [-0.3, -0.25) is 5.01 Å². The lowest BCUT2D eigenvalue weighted by atomic mass is 10.1. The molecule has 0 heterocycles. The van der Waals surface area contributed by atoms with Crippen LogP contribution >= 0.6 is 0 Å². The lowest BCUT2D eigenvalue weighted by Gasteiger charge is -2.32. The van der Waals surface area contributed by atoms with Gasteiger partial charge in [0.15, 0.2) is 5.88 Å². The molecular weight excluding hydrogens is 196 g/mol. The number of carbonyl (C=O) groups is 1. The molecule has 0 atom stereocenters. The predicted octanol–water partition coefficient (Wildman–Crippen LogP) is 0.834. The molecule has 0 aliphatic rings. The topological polar surface area (TPSA) is 42.0 Å². The summed E-state index contributed by atoms with van der Waals surface area (Å²) in [7, 11) is 6.81. The second kappa shape index (κ2) is 5.02. The molecule has 0 N–H and O–H groups in total. The Hall–Kier alpha value is -1.23. The zero-order valence-electron chi connectivity index (χ0n) is 10.3. The van der Waals surface area contributed by atoms with Crippen LogP contribution in [0.15, 0.2) is 12.5 Å². The molecule has 0 unspecified atom stereocenters. The Labute approximate surface area is 91.2 Å². The van der Waals surface area contributed by atoms with E-state index in [-0.39, 0.29) is 0 Å². The maximum Gasteiger partial charge on any atom is 0.349 e. The van der Waals surface area contributed by atoms with Gasteiger partial charge in [0, 0.05) is 21.1 Å². The molecule has 0 aromatic rings. The van der Waals surface area contributed by atoms with E-state index in [1.165, 1.54) is 7.11 Å².